The Hall–Kier alpha value is -7.36. The van der Waals surface area contributed by atoms with Gasteiger partial charge in [-0.2, -0.15) is 0 Å². The summed E-state index contributed by atoms with van der Waals surface area (Å²) >= 11 is 0. The molecular weight excluding hydrogens is 671 g/mol. The van der Waals surface area contributed by atoms with E-state index in [-0.39, 0.29) is 0 Å². The van der Waals surface area contributed by atoms with Crippen LogP contribution >= 0.6 is 0 Å². The van der Waals surface area contributed by atoms with Crippen molar-refractivity contribution in [3.63, 3.8) is 0 Å². The van der Waals surface area contributed by atoms with Gasteiger partial charge in [-0.05, 0) is 58.0 Å². The highest BCUT2D eigenvalue weighted by Crippen LogP contribution is 2.51. The van der Waals surface area contributed by atoms with Crippen LogP contribution in [0.15, 0.2) is 210 Å². The van der Waals surface area contributed by atoms with E-state index >= 15 is 0 Å². The quantitative estimate of drug-likeness (QED) is 0.147. The van der Waals surface area contributed by atoms with Crippen LogP contribution in [0, 0.1) is 0 Å². The molecule has 2 aromatic heterocycles. The number of fused-ring (bicyclic) bond motifs is 7. The first-order valence-corrected chi connectivity index (χ1v) is 18.5. The Morgan fingerprint density at radius 1 is 0.509 bits per heavy atom. The first kappa shape index (κ1) is 32.3. The second kappa shape index (κ2) is 13.6. The first-order valence-electron chi connectivity index (χ1n) is 18.5. The predicted octanol–water partition coefficient (Wildman–Crippen LogP) is 15.1. The van der Waals surface area contributed by atoms with E-state index in [1.165, 1.54) is 0 Å². The van der Waals surface area contributed by atoms with Crippen molar-refractivity contribution in [2.75, 3.05) is 4.90 Å². The lowest BCUT2D eigenvalue weighted by atomic mass is 9.95. The van der Waals surface area contributed by atoms with E-state index in [4.69, 9.17) is 8.83 Å². The largest absolute Gasteiger partial charge is 0.455 e. The third-order valence-corrected chi connectivity index (χ3v) is 10.5. The molecule has 0 saturated carbocycles. The van der Waals surface area contributed by atoms with E-state index < -0.39 is 0 Å². The van der Waals surface area contributed by atoms with E-state index in [0.717, 1.165) is 99.5 Å². The number of hydrogen-bond donors (Lipinski definition) is 0. The van der Waals surface area contributed by atoms with Gasteiger partial charge in [0, 0.05) is 32.8 Å². The second-order valence-corrected chi connectivity index (χ2v) is 13.7. The number of benzene rings is 8. The van der Waals surface area contributed by atoms with Crippen LogP contribution in [0.5, 0.6) is 0 Å². The van der Waals surface area contributed by atoms with Crippen molar-refractivity contribution >= 4 is 83.4 Å². The number of rotatable bonds is 8. The molecule has 10 aromatic rings. The Bertz CT molecular complexity index is 3110. The molecule has 0 radical (unpaired) electrons. The summed E-state index contributed by atoms with van der Waals surface area (Å²) in [6.45, 7) is 4.11. The summed E-state index contributed by atoms with van der Waals surface area (Å²) < 4.78 is 13.7. The fraction of sp³-hybridized carbons (Fsp3) is 0. The molecule has 0 fully saturated rings. The summed E-state index contributed by atoms with van der Waals surface area (Å²) in [5.74, 6) is 0. The average molecular weight is 706 g/mol. The van der Waals surface area contributed by atoms with Gasteiger partial charge in [0.05, 0.1) is 16.8 Å². The Morgan fingerprint density at radius 3 is 1.89 bits per heavy atom. The van der Waals surface area contributed by atoms with Crippen LogP contribution in [0.2, 0.25) is 0 Å². The molecule has 0 unspecified atom stereocenters. The molecule has 0 bridgehead atoms. The Kier molecular flexibility index (Phi) is 7.96. The normalized spacial score (nSPS) is 12.1. The smallest absolute Gasteiger partial charge is 0.159 e. The summed E-state index contributed by atoms with van der Waals surface area (Å²) in [6, 6.07) is 61.4. The number of nitrogens with zero attached hydrogens (tertiary/aromatic N) is 1. The lowest BCUT2D eigenvalue weighted by Gasteiger charge is -2.28. The van der Waals surface area contributed by atoms with E-state index in [9.17, 15) is 0 Å². The molecule has 10 rings (SSSR count). The maximum atomic E-state index is 6.91. The molecule has 0 aliphatic heterocycles. The van der Waals surface area contributed by atoms with Crippen molar-refractivity contribution in [2.24, 2.45) is 0 Å². The molecule has 0 N–H and O–H groups in total. The molecule has 3 nitrogen and oxygen atoms in total. The summed E-state index contributed by atoms with van der Waals surface area (Å²) in [5.41, 5.74) is 11.8. The predicted molar refractivity (Wildman–Crippen MR) is 232 cm³/mol. The molecular formula is C52H35NO2. The summed E-state index contributed by atoms with van der Waals surface area (Å²) in [6.07, 6.45) is 8.29. The zero-order valence-corrected chi connectivity index (χ0v) is 30.0. The molecule has 0 saturated heterocycles. The fourth-order valence-electron chi connectivity index (χ4n) is 7.96. The van der Waals surface area contributed by atoms with Crippen LogP contribution in [0.1, 0.15) is 11.1 Å². The van der Waals surface area contributed by atoms with Crippen LogP contribution < -0.4 is 4.90 Å². The van der Waals surface area contributed by atoms with Crippen molar-refractivity contribution < 1.29 is 8.83 Å². The monoisotopic (exact) mass is 705 g/mol. The van der Waals surface area contributed by atoms with Crippen molar-refractivity contribution in [3.8, 4) is 11.1 Å². The SMILES string of the molecule is C=C/C(=C\C=C/c1c2ccccc2c(N(c2cccc(-c3ccccc3)c2)c2cccc3c2oc2ccccc23)c2c1oc1ccccc12)c1ccccc1. The van der Waals surface area contributed by atoms with E-state index in [2.05, 4.69) is 169 Å². The van der Waals surface area contributed by atoms with Crippen molar-refractivity contribution in [2.45, 2.75) is 0 Å². The Labute approximate surface area is 319 Å². The lowest BCUT2D eigenvalue weighted by Crippen LogP contribution is -2.12. The molecule has 55 heavy (non-hydrogen) atoms. The molecule has 0 spiro atoms. The van der Waals surface area contributed by atoms with Crippen molar-refractivity contribution in [1.82, 2.24) is 0 Å². The highest BCUT2D eigenvalue weighted by molar-refractivity contribution is 6.26. The van der Waals surface area contributed by atoms with Crippen LogP contribution in [-0.4, -0.2) is 0 Å². The molecule has 0 amide bonds. The first-order chi connectivity index (χ1) is 27.3. The molecule has 0 atom stereocenters. The van der Waals surface area contributed by atoms with Gasteiger partial charge >= 0.3 is 0 Å². The van der Waals surface area contributed by atoms with Crippen molar-refractivity contribution in [3.05, 3.63) is 212 Å². The van der Waals surface area contributed by atoms with Crippen LogP contribution in [-0.2, 0) is 0 Å². The van der Waals surface area contributed by atoms with Gasteiger partial charge in [0.2, 0.25) is 0 Å². The maximum absolute atomic E-state index is 6.91. The topological polar surface area (TPSA) is 29.5 Å². The van der Waals surface area contributed by atoms with Gasteiger partial charge in [0.25, 0.3) is 0 Å². The summed E-state index contributed by atoms with van der Waals surface area (Å²) in [4.78, 5) is 2.38. The van der Waals surface area contributed by atoms with E-state index in [1.54, 1.807) is 0 Å². The zero-order valence-electron chi connectivity index (χ0n) is 30.0. The van der Waals surface area contributed by atoms with Crippen LogP contribution in [0.25, 0.3) is 77.4 Å². The second-order valence-electron chi connectivity index (χ2n) is 13.7. The van der Waals surface area contributed by atoms with Gasteiger partial charge in [0.15, 0.2) is 5.58 Å². The number of allylic oxidation sites excluding steroid dienone is 4. The van der Waals surface area contributed by atoms with Gasteiger partial charge in [-0.25, -0.2) is 0 Å². The summed E-state index contributed by atoms with van der Waals surface area (Å²) in [5, 5.41) is 6.40. The zero-order chi connectivity index (χ0) is 36.7. The van der Waals surface area contributed by atoms with Crippen molar-refractivity contribution in [1.29, 1.82) is 0 Å². The van der Waals surface area contributed by atoms with Crippen LogP contribution in [0.3, 0.4) is 0 Å². The number of hydrogen-bond acceptors (Lipinski definition) is 3. The standard InChI is InChI=1S/C52H35NO2/c1-2-35(36-18-5-3-6-19-36)22-16-29-43-40-25-9-10-27-42(40)50(49-45-28-12-14-33-48(45)55-52(43)49)53(39-24-15-23-38(34-39)37-20-7-4-8-21-37)46-31-17-30-44-41-26-11-13-32-47(41)54-51(44)46/h2-34H,1H2/b29-16-,35-22+. The minimum Gasteiger partial charge on any atom is -0.455 e. The van der Waals surface area contributed by atoms with Gasteiger partial charge < -0.3 is 13.7 Å². The molecule has 3 heteroatoms. The number of furan rings is 2. The third kappa shape index (κ3) is 5.53. The van der Waals surface area contributed by atoms with Gasteiger partial charge in [-0.15, -0.1) is 0 Å². The molecule has 260 valence electrons. The van der Waals surface area contributed by atoms with Gasteiger partial charge in [-0.3, -0.25) is 0 Å². The van der Waals surface area contributed by atoms with E-state index in [1.807, 2.05) is 42.5 Å². The average Bonchev–Trinajstić information content (AvgIpc) is 3.83. The third-order valence-electron chi connectivity index (χ3n) is 10.5. The van der Waals surface area contributed by atoms with E-state index in [0.29, 0.717) is 0 Å². The fourth-order valence-corrected chi connectivity index (χ4v) is 7.96. The minimum absolute atomic E-state index is 0.820. The molecule has 0 aliphatic rings. The van der Waals surface area contributed by atoms with Crippen LogP contribution in [0.4, 0.5) is 17.1 Å². The molecule has 2 heterocycles. The number of para-hydroxylation sites is 3. The Balaban J connectivity index is 1.30. The highest BCUT2D eigenvalue weighted by Gasteiger charge is 2.27. The molecule has 8 aromatic carbocycles. The van der Waals surface area contributed by atoms with Gasteiger partial charge in [-0.1, -0.05) is 176 Å². The summed E-state index contributed by atoms with van der Waals surface area (Å²) in [7, 11) is 0. The maximum Gasteiger partial charge on any atom is 0.159 e. The minimum atomic E-state index is 0.820. The lowest BCUT2D eigenvalue weighted by molar-refractivity contribution is 0.668. The van der Waals surface area contributed by atoms with Gasteiger partial charge in [0.1, 0.15) is 16.7 Å². The highest BCUT2D eigenvalue weighted by atomic mass is 16.3. The molecule has 0 aliphatic carbocycles. The number of anilines is 3. The Morgan fingerprint density at radius 2 is 1.11 bits per heavy atom.